The number of imidazole rings is 1. The molecule has 0 saturated carbocycles. The highest BCUT2D eigenvalue weighted by atomic mass is 16.4. The van der Waals surface area contributed by atoms with Crippen LogP contribution < -0.4 is 11.1 Å². The molecule has 0 saturated heterocycles. The lowest BCUT2D eigenvalue weighted by molar-refractivity contribution is -0.125. The van der Waals surface area contributed by atoms with Gasteiger partial charge in [0.25, 0.3) is 0 Å². The molecule has 0 aliphatic rings. The lowest BCUT2D eigenvalue weighted by atomic mass is 9.96. The van der Waals surface area contributed by atoms with Gasteiger partial charge in [-0.3, -0.25) is 4.79 Å². The molecule has 1 aromatic heterocycles. The number of carbonyl (C=O) groups is 2. The Morgan fingerprint density at radius 2 is 2.20 bits per heavy atom. The Bertz CT molecular complexity index is 456. The average molecular weight is 282 g/mol. The van der Waals surface area contributed by atoms with Crippen LogP contribution in [0.25, 0.3) is 0 Å². The third-order valence-electron chi connectivity index (χ3n) is 2.93. The van der Waals surface area contributed by atoms with Gasteiger partial charge in [0.2, 0.25) is 5.91 Å². The number of amides is 1. The van der Waals surface area contributed by atoms with Crippen LogP contribution in [0.4, 0.5) is 0 Å². The summed E-state index contributed by atoms with van der Waals surface area (Å²) in [6, 6.07) is 0. The first-order valence-electron chi connectivity index (χ1n) is 6.66. The van der Waals surface area contributed by atoms with Crippen molar-refractivity contribution < 1.29 is 14.7 Å². The number of hydrogen-bond donors (Lipinski definition) is 3. The van der Waals surface area contributed by atoms with Crippen molar-refractivity contribution in [1.82, 2.24) is 14.9 Å². The highest BCUT2D eigenvalue weighted by Crippen LogP contribution is 2.10. The second-order valence-corrected chi connectivity index (χ2v) is 5.16. The van der Waals surface area contributed by atoms with Crippen LogP contribution in [-0.4, -0.2) is 39.6 Å². The van der Waals surface area contributed by atoms with E-state index in [2.05, 4.69) is 24.1 Å². The minimum atomic E-state index is -1.06. The van der Waals surface area contributed by atoms with Gasteiger partial charge >= 0.3 is 5.97 Å². The zero-order valence-electron chi connectivity index (χ0n) is 11.9. The molecule has 20 heavy (non-hydrogen) atoms. The van der Waals surface area contributed by atoms with Gasteiger partial charge in [-0.15, -0.1) is 0 Å². The summed E-state index contributed by atoms with van der Waals surface area (Å²) in [5, 5.41) is 11.6. The van der Waals surface area contributed by atoms with Crippen LogP contribution in [0.2, 0.25) is 0 Å². The maximum atomic E-state index is 11.9. The van der Waals surface area contributed by atoms with Gasteiger partial charge in [-0.25, -0.2) is 9.78 Å². The van der Waals surface area contributed by atoms with E-state index in [0.717, 1.165) is 6.42 Å². The number of aromatic nitrogens is 2. The van der Waals surface area contributed by atoms with Crippen molar-refractivity contribution >= 4 is 11.9 Å². The molecule has 1 rings (SSSR count). The van der Waals surface area contributed by atoms with Gasteiger partial charge in [-0.1, -0.05) is 13.8 Å². The van der Waals surface area contributed by atoms with Crippen LogP contribution in [0.1, 0.15) is 30.8 Å². The Labute approximate surface area is 118 Å². The molecule has 1 aromatic rings. The van der Waals surface area contributed by atoms with Crippen molar-refractivity contribution in [2.75, 3.05) is 13.1 Å². The monoisotopic (exact) mass is 282 g/mol. The molecule has 1 amide bonds. The highest BCUT2D eigenvalue weighted by molar-refractivity contribution is 5.84. The summed E-state index contributed by atoms with van der Waals surface area (Å²) >= 11 is 0. The van der Waals surface area contributed by atoms with E-state index in [9.17, 15) is 9.59 Å². The van der Waals surface area contributed by atoms with Crippen LogP contribution in [0.3, 0.4) is 0 Å². The molecule has 0 spiro atoms. The van der Waals surface area contributed by atoms with E-state index in [-0.39, 0.29) is 17.5 Å². The van der Waals surface area contributed by atoms with E-state index in [1.54, 1.807) is 4.57 Å². The van der Waals surface area contributed by atoms with Gasteiger partial charge in [0, 0.05) is 25.8 Å². The third-order valence-corrected chi connectivity index (χ3v) is 2.93. The molecule has 0 aliphatic carbocycles. The van der Waals surface area contributed by atoms with E-state index in [0.29, 0.717) is 25.6 Å². The Kier molecular flexibility index (Phi) is 6.17. The first-order chi connectivity index (χ1) is 9.43. The van der Waals surface area contributed by atoms with E-state index >= 15 is 0 Å². The summed E-state index contributed by atoms with van der Waals surface area (Å²) in [5.74, 6) is -0.874. The minimum absolute atomic E-state index is 0.00373. The summed E-state index contributed by atoms with van der Waals surface area (Å²) in [5.41, 5.74) is 5.60. The number of nitrogens with zero attached hydrogens (tertiary/aromatic N) is 2. The summed E-state index contributed by atoms with van der Waals surface area (Å²) in [6.45, 7) is 5.33. The molecule has 7 heteroatoms. The van der Waals surface area contributed by atoms with Crippen molar-refractivity contribution in [3.05, 3.63) is 18.2 Å². The van der Waals surface area contributed by atoms with Crippen molar-refractivity contribution in [2.24, 2.45) is 17.6 Å². The SMILES string of the molecule is CC(C)CC(CN)C(=O)NCCn1cnc(C(=O)O)c1. The zero-order valence-corrected chi connectivity index (χ0v) is 11.9. The van der Waals surface area contributed by atoms with Crippen LogP contribution in [0, 0.1) is 11.8 Å². The Morgan fingerprint density at radius 1 is 1.50 bits per heavy atom. The van der Waals surface area contributed by atoms with E-state index in [1.807, 2.05) is 0 Å². The normalized spacial score (nSPS) is 12.4. The predicted octanol–water partition coefficient (Wildman–Crippen LogP) is 0.319. The second-order valence-electron chi connectivity index (χ2n) is 5.16. The summed E-state index contributed by atoms with van der Waals surface area (Å²) in [6.07, 6.45) is 3.63. The number of aromatic carboxylic acids is 1. The first-order valence-corrected chi connectivity index (χ1v) is 6.66. The molecule has 4 N–H and O–H groups in total. The maximum Gasteiger partial charge on any atom is 0.356 e. The molecule has 0 bridgehead atoms. The van der Waals surface area contributed by atoms with Gasteiger partial charge in [0.1, 0.15) is 0 Å². The molecule has 1 unspecified atom stereocenters. The van der Waals surface area contributed by atoms with Gasteiger partial charge in [-0.05, 0) is 12.3 Å². The standard InChI is InChI=1S/C13H22N4O3/c1-9(2)5-10(6-14)12(18)15-3-4-17-7-11(13(19)20)16-8-17/h7-10H,3-6,14H2,1-2H3,(H,15,18)(H,19,20). The number of carboxylic acid groups (broad SMARTS) is 1. The molecule has 0 fully saturated rings. The van der Waals surface area contributed by atoms with Crippen LogP contribution in [0.15, 0.2) is 12.5 Å². The fourth-order valence-electron chi connectivity index (χ4n) is 1.92. The fourth-order valence-corrected chi connectivity index (χ4v) is 1.92. The summed E-state index contributed by atoms with van der Waals surface area (Å²) < 4.78 is 1.63. The topological polar surface area (TPSA) is 110 Å². The molecule has 0 aromatic carbocycles. The Hall–Kier alpha value is -1.89. The predicted molar refractivity (Wildman–Crippen MR) is 74.2 cm³/mol. The lowest BCUT2D eigenvalue weighted by Crippen LogP contribution is -2.37. The summed E-state index contributed by atoms with van der Waals surface area (Å²) in [7, 11) is 0. The van der Waals surface area contributed by atoms with Gasteiger partial charge in [0.05, 0.1) is 12.2 Å². The van der Waals surface area contributed by atoms with E-state index in [1.165, 1.54) is 12.5 Å². The van der Waals surface area contributed by atoms with Crippen molar-refractivity contribution in [2.45, 2.75) is 26.8 Å². The number of carboxylic acids is 1. The Balaban J connectivity index is 2.38. The molecule has 112 valence electrons. The van der Waals surface area contributed by atoms with E-state index in [4.69, 9.17) is 10.8 Å². The highest BCUT2D eigenvalue weighted by Gasteiger charge is 2.17. The number of hydrogen-bond acceptors (Lipinski definition) is 4. The van der Waals surface area contributed by atoms with Gasteiger partial charge in [0.15, 0.2) is 5.69 Å². The van der Waals surface area contributed by atoms with E-state index < -0.39 is 5.97 Å². The van der Waals surface area contributed by atoms with Crippen LogP contribution >= 0.6 is 0 Å². The molecule has 0 radical (unpaired) electrons. The summed E-state index contributed by atoms with van der Waals surface area (Å²) in [4.78, 5) is 26.3. The average Bonchev–Trinajstić information content (AvgIpc) is 2.84. The van der Waals surface area contributed by atoms with Crippen LogP contribution in [0.5, 0.6) is 0 Å². The zero-order chi connectivity index (χ0) is 15.1. The van der Waals surface area contributed by atoms with Crippen LogP contribution in [-0.2, 0) is 11.3 Å². The molecular weight excluding hydrogens is 260 g/mol. The van der Waals surface area contributed by atoms with Gasteiger partial charge in [-0.2, -0.15) is 0 Å². The second kappa shape index (κ2) is 7.64. The molecule has 0 aliphatic heterocycles. The minimum Gasteiger partial charge on any atom is -0.476 e. The fraction of sp³-hybridized carbons (Fsp3) is 0.615. The number of rotatable bonds is 8. The first kappa shape index (κ1) is 16.2. The van der Waals surface area contributed by atoms with Crippen molar-refractivity contribution in [3.8, 4) is 0 Å². The lowest BCUT2D eigenvalue weighted by Gasteiger charge is -2.16. The number of nitrogens with one attached hydrogen (secondary N) is 1. The molecule has 1 heterocycles. The van der Waals surface area contributed by atoms with Crippen molar-refractivity contribution in [3.63, 3.8) is 0 Å². The quantitative estimate of drug-likeness (QED) is 0.636. The smallest absolute Gasteiger partial charge is 0.356 e. The molecule has 1 atom stereocenters. The third kappa shape index (κ3) is 5.00. The maximum absolute atomic E-state index is 11.9. The molecule has 7 nitrogen and oxygen atoms in total. The van der Waals surface area contributed by atoms with Crippen molar-refractivity contribution in [1.29, 1.82) is 0 Å². The number of nitrogens with two attached hydrogens (primary N) is 1. The van der Waals surface area contributed by atoms with Gasteiger partial charge < -0.3 is 20.7 Å². The number of carbonyl (C=O) groups excluding carboxylic acids is 1. The largest absolute Gasteiger partial charge is 0.476 e. The Morgan fingerprint density at radius 3 is 2.70 bits per heavy atom. The molecular formula is C13H22N4O3.